The lowest BCUT2D eigenvalue weighted by Crippen LogP contribution is -2.21. The highest BCUT2D eigenvalue weighted by Crippen LogP contribution is 2.29. The Morgan fingerprint density at radius 1 is 1.04 bits per heavy atom. The van der Waals surface area contributed by atoms with Crippen molar-refractivity contribution in [3.63, 3.8) is 0 Å². The van der Waals surface area contributed by atoms with Gasteiger partial charge in [-0.2, -0.15) is 5.10 Å². The van der Waals surface area contributed by atoms with E-state index in [0.29, 0.717) is 16.5 Å². The Labute approximate surface area is 164 Å². The predicted octanol–water partition coefficient (Wildman–Crippen LogP) is 5.78. The molecule has 0 aliphatic heterocycles. The van der Waals surface area contributed by atoms with Crippen LogP contribution in [-0.4, -0.2) is 15.8 Å². The number of halogens is 1. The Balaban J connectivity index is 1.91. The fourth-order valence-corrected chi connectivity index (χ4v) is 2.78. The summed E-state index contributed by atoms with van der Waals surface area (Å²) in [5.41, 5.74) is 3.25. The number of aromatic nitrogens is 2. The molecule has 1 heterocycles. The maximum atomic E-state index is 12.5. The van der Waals surface area contributed by atoms with Crippen molar-refractivity contribution in [1.82, 2.24) is 9.78 Å². The monoisotopic (exact) mass is 382 g/mol. The van der Waals surface area contributed by atoms with E-state index in [-0.39, 0.29) is 11.4 Å². The van der Waals surface area contributed by atoms with Crippen molar-refractivity contribution in [3.8, 4) is 5.69 Å². The molecule has 0 spiro atoms. The van der Waals surface area contributed by atoms with Gasteiger partial charge < -0.3 is 5.32 Å². The van der Waals surface area contributed by atoms with Crippen molar-refractivity contribution in [1.29, 1.82) is 0 Å². The van der Waals surface area contributed by atoms with E-state index in [1.807, 2.05) is 55.5 Å². The standard InChI is InChI=1S/C21H23ClN4O/c1-14-9-11-15(12-10-14)23-20(27)24-19-13-18(21(2,3)4)25-26(19)17-8-6-5-7-16(17)22/h5-13H,1-4H3,(H2,23,24,27). The normalized spacial score (nSPS) is 11.3. The summed E-state index contributed by atoms with van der Waals surface area (Å²) in [6.07, 6.45) is 0. The molecule has 0 saturated carbocycles. The van der Waals surface area contributed by atoms with Crippen LogP contribution < -0.4 is 10.6 Å². The van der Waals surface area contributed by atoms with E-state index in [9.17, 15) is 4.79 Å². The number of hydrogen-bond donors (Lipinski definition) is 2. The van der Waals surface area contributed by atoms with Gasteiger partial charge in [0.1, 0.15) is 5.82 Å². The van der Waals surface area contributed by atoms with E-state index >= 15 is 0 Å². The number of amides is 2. The summed E-state index contributed by atoms with van der Waals surface area (Å²) < 4.78 is 1.66. The molecule has 0 aliphatic rings. The van der Waals surface area contributed by atoms with Crippen LogP contribution in [0.5, 0.6) is 0 Å². The predicted molar refractivity (Wildman–Crippen MR) is 111 cm³/mol. The summed E-state index contributed by atoms with van der Waals surface area (Å²) in [6.45, 7) is 8.22. The number of carbonyl (C=O) groups excluding carboxylic acids is 1. The molecule has 1 aromatic heterocycles. The smallest absolute Gasteiger partial charge is 0.308 e. The fourth-order valence-electron chi connectivity index (χ4n) is 2.56. The Kier molecular flexibility index (Phi) is 5.24. The van der Waals surface area contributed by atoms with Crippen molar-refractivity contribution in [3.05, 3.63) is 70.9 Å². The second-order valence-corrected chi connectivity index (χ2v) is 7.88. The third-order valence-corrected chi connectivity index (χ3v) is 4.43. The van der Waals surface area contributed by atoms with Gasteiger partial charge in [-0.3, -0.25) is 5.32 Å². The van der Waals surface area contributed by atoms with E-state index in [1.165, 1.54) is 0 Å². The molecule has 0 aliphatic carbocycles. The summed E-state index contributed by atoms with van der Waals surface area (Å²) in [5, 5.41) is 11.0. The quantitative estimate of drug-likeness (QED) is 0.603. The maximum Gasteiger partial charge on any atom is 0.324 e. The largest absolute Gasteiger partial charge is 0.324 e. The molecular weight excluding hydrogens is 360 g/mol. The van der Waals surface area contributed by atoms with Crippen LogP contribution >= 0.6 is 11.6 Å². The maximum absolute atomic E-state index is 12.5. The number of carbonyl (C=O) groups is 1. The lowest BCUT2D eigenvalue weighted by molar-refractivity contribution is 0.262. The number of nitrogens with zero attached hydrogens (tertiary/aromatic N) is 2. The molecule has 0 bridgehead atoms. The van der Waals surface area contributed by atoms with Crippen LogP contribution in [0.4, 0.5) is 16.3 Å². The van der Waals surface area contributed by atoms with Crippen molar-refractivity contribution in [2.24, 2.45) is 0 Å². The summed E-state index contributed by atoms with van der Waals surface area (Å²) in [5.74, 6) is 0.553. The number of aryl methyl sites for hydroxylation is 1. The van der Waals surface area contributed by atoms with Gasteiger partial charge in [0.2, 0.25) is 0 Å². The first-order chi connectivity index (χ1) is 12.7. The highest BCUT2D eigenvalue weighted by Gasteiger charge is 2.22. The van der Waals surface area contributed by atoms with Crippen LogP contribution in [0.1, 0.15) is 32.0 Å². The zero-order chi connectivity index (χ0) is 19.6. The average Bonchev–Trinajstić information content (AvgIpc) is 3.01. The van der Waals surface area contributed by atoms with Crippen LogP contribution in [0, 0.1) is 6.92 Å². The molecule has 3 rings (SSSR count). The van der Waals surface area contributed by atoms with Crippen LogP contribution in [0.25, 0.3) is 5.69 Å². The van der Waals surface area contributed by atoms with Crippen molar-refractivity contribution in [2.75, 3.05) is 10.6 Å². The third kappa shape index (κ3) is 4.49. The zero-order valence-corrected chi connectivity index (χ0v) is 16.6. The van der Waals surface area contributed by atoms with Gasteiger partial charge in [0, 0.05) is 17.2 Å². The van der Waals surface area contributed by atoms with E-state index in [0.717, 1.165) is 16.9 Å². The molecule has 5 nitrogen and oxygen atoms in total. The zero-order valence-electron chi connectivity index (χ0n) is 15.9. The number of hydrogen-bond acceptors (Lipinski definition) is 2. The lowest BCUT2D eigenvalue weighted by atomic mass is 9.92. The second-order valence-electron chi connectivity index (χ2n) is 7.47. The minimum Gasteiger partial charge on any atom is -0.308 e. The second kappa shape index (κ2) is 7.45. The third-order valence-electron chi connectivity index (χ3n) is 4.11. The molecule has 140 valence electrons. The Bertz CT molecular complexity index is 955. The number of rotatable bonds is 3. The number of benzene rings is 2. The first kappa shape index (κ1) is 19.0. The van der Waals surface area contributed by atoms with Crippen molar-refractivity contribution >= 4 is 29.1 Å². The highest BCUT2D eigenvalue weighted by molar-refractivity contribution is 6.32. The Morgan fingerprint density at radius 3 is 2.33 bits per heavy atom. The minimum absolute atomic E-state index is 0.170. The van der Waals surface area contributed by atoms with Gasteiger partial charge in [-0.05, 0) is 31.2 Å². The number of nitrogens with one attached hydrogen (secondary N) is 2. The molecule has 0 atom stereocenters. The molecule has 27 heavy (non-hydrogen) atoms. The van der Waals surface area contributed by atoms with Gasteiger partial charge in [-0.25, -0.2) is 9.48 Å². The molecular formula is C21H23ClN4O. The van der Waals surface area contributed by atoms with E-state index in [4.69, 9.17) is 11.6 Å². The van der Waals surface area contributed by atoms with Crippen LogP contribution in [0.15, 0.2) is 54.6 Å². The van der Waals surface area contributed by atoms with Gasteiger partial charge in [0.05, 0.1) is 16.4 Å². The van der Waals surface area contributed by atoms with Gasteiger partial charge in [0.25, 0.3) is 0 Å². The fraction of sp³-hybridized carbons (Fsp3) is 0.238. The first-order valence-corrected chi connectivity index (χ1v) is 9.12. The number of para-hydroxylation sites is 1. The van der Waals surface area contributed by atoms with E-state index in [2.05, 4.69) is 36.5 Å². The summed E-state index contributed by atoms with van der Waals surface area (Å²) in [6, 6.07) is 16.6. The molecule has 2 amide bonds. The highest BCUT2D eigenvalue weighted by atomic mass is 35.5. The van der Waals surface area contributed by atoms with E-state index in [1.54, 1.807) is 10.7 Å². The summed E-state index contributed by atoms with van der Waals surface area (Å²) >= 11 is 6.35. The lowest BCUT2D eigenvalue weighted by Gasteiger charge is -2.14. The first-order valence-electron chi connectivity index (χ1n) is 8.74. The van der Waals surface area contributed by atoms with Crippen LogP contribution in [0.3, 0.4) is 0 Å². The molecule has 6 heteroatoms. The Morgan fingerprint density at radius 2 is 1.70 bits per heavy atom. The Hall–Kier alpha value is -2.79. The summed E-state index contributed by atoms with van der Waals surface area (Å²) in [4.78, 5) is 12.5. The van der Waals surface area contributed by atoms with Crippen molar-refractivity contribution < 1.29 is 4.79 Å². The van der Waals surface area contributed by atoms with Gasteiger partial charge in [-0.15, -0.1) is 0 Å². The molecule has 3 aromatic rings. The van der Waals surface area contributed by atoms with Gasteiger partial charge in [0.15, 0.2) is 0 Å². The molecule has 0 fully saturated rings. The van der Waals surface area contributed by atoms with Crippen LogP contribution in [-0.2, 0) is 5.41 Å². The SMILES string of the molecule is Cc1ccc(NC(=O)Nc2cc(C(C)(C)C)nn2-c2ccccc2Cl)cc1. The van der Waals surface area contributed by atoms with Crippen molar-refractivity contribution in [2.45, 2.75) is 33.1 Å². The molecule has 0 saturated heterocycles. The number of urea groups is 1. The summed E-state index contributed by atoms with van der Waals surface area (Å²) in [7, 11) is 0. The molecule has 0 unspecified atom stereocenters. The van der Waals surface area contributed by atoms with Crippen LogP contribution in [0.2, 0.25) is 5.02 Å². The molecule has 0 radical (unpaired) electrons. The van der Waals surface area contributed by atoms with Gasteiger partial charge in [-0.1, -0.05) is 62.2 Å². The molecule has 2 aromatic carbocycles. The molecule has 2 N–H and O–H groups in total. The average molecular weight is 383 g/mol. The number of anilines is 2. The topological polar surface area (TPSA) is 59.0 Å². The van der Waals surface area contributed by atoms with Gasteiger partial charge >= 0.3 is 6.03 Å². The van der Waals surface area contributed by atoms with E-state index < -0.39 is 0 Å². The minimum atomic E-state index is -0.340.